The zero-order valence-corrected chi connectivity index (χ0v) is 12.7. The van der Waals surface area contributed by atoms with Crippen molar-refractivity contribution in [2.75, 3.05) is 14.2 Å². The van der Waals surface area contributed by atoms with Crippen LogP contribution in [0.1, 0.15) is 12.5 Å². The highest BCUT2D eigenvalue weighted by Crippen LogP contribution is 2.40. The summed E-state index contributed by atoms with van der Waals surface area (Å²) >= 11 is 0. The molecule has 0 bridgehead atoms. The Kier molecular flexibility index (Phi) is 4.78. The van der Waals surface area contributed by atoms with Gasteiger partial charge in [0.25, 0.3) is 0 Å². The molecule has 0 aliphatic heterocycles. The lowest BCUT2D eigenvalue weighted by Gasteiger charge is -2.15. The zero-order chi connectivity index (χ0) is 16.1. The van der Waals surface area contributed by atoms with Crippen molar-refractivity contribution in [2.45, 2.75) is 6.92 Å². The normalized spacial score (nSPS) is 11.1. The largest absolute Gasteiger partial charge is 0.493 e. The van der Waals surface area contributed by atoms with Gasteiger partial charge in [-0.3, -0.25) is 4.98 Å². The van der Waals surface area contributed by atoms with Crippen LogP contribution in [0.4, 0.5) is 0 Å². The summed E-state index contributed by atoms with van der Waals surface area (Å²) in [5.41, 5.74) is 3.11. The number of rotatable bonds is 5. The number of hydrogen-bond acceptors (Lipinski definition) is 4. The van der Waals surface area contributed by atoms with Gasteiger partial charge in [0.1, 0.15) is 0 Å². The van der Waals surface area contributed by atoms with E-state index in [2.05, 4.69) is 4.98 Å². The zero-order valence-electron chi connectivity index (χ0n) is 12.7. The van der Waals surface area contributed by atoms with Crippen LogP contribution in [-0.2, 0) is 4.79 Å². The monoisotopic (exact) mass is 299 g/mol. The second-order valence-corrected chi connectivity index (χ2v) is 4.66. The van der Waals surface area contributed by atoms with Crippen molar-refractivity contribution in [3.05, 3.63) is 48.3 Å². The first kappa shape index (κ1) is 15.6. The summed E-state index contributed by atoms with van der Waals surface area (Å²) in [7, 11) is 3.12. The van der Waals surface area contributed by atoms with Crippen LogP contribution >= 0.6 is 0 Å². The molecule has 0 saturated carbocycles. The molecule has 0 spiro atoms. The summed E-state index contributed by atoms with van der Waals surface area (Å²) < 4.78 is 10.8. The molecule has 0 atom stereocenters. The average Bonchev–Trinajstić information content (AvgIpc) is 2.53. The topological polar surface area (TPSA) is 68.7 Å². The number of allylic oxidation sites excluding steroid dienone is 1. The van der Waals surface area contributed by atoms with Crippen LogP contribution in [-0.4, -0.2) is 30.3 Å². The molecule has 114 valence electrons. The number of aliphatic carboxylic acids is 1. The Morgan fingerprint density at radius 2 is 1.86 bits per heavy atom. The van der Waals surface area contributed by atoms with E-state index < -0.39 is 5.97 Å². The van der Waals surface area contributed by atoms with E-state index >= 15 is 0 Å². The van der Waals surface area contributed by atoms with Crippen LogP contribution in [0.5, 0.6) is 11.5 Å². The van der Waals surface area contributed by atoms with E-state index in [-0.39, 0.29) is 0 Å². The fourth-order valence-electron chi connectivity index (χ4n) is 2.21. The molecule has 0 amide bonds. The minimum absolute atomic E-state index is 0.546. The van der Waals surface area contributed by atoms with E-state index in [0.29, 0.717) is 17.1 Å². The molecule has 0 aliphatic rings. The molecule has 0 fully saturated rings. The predicted octanol–water partition coefficient (Wildman–Crippen LogP) is 3.25. The number of nitrogens with zero attached hydrogens (tertiary/aromatic N) is 1. The predicted molar refractivity (Wildman–Crippen MR) is 84.1 cm³/mol. The molecular formula is C17H17NO4. The van der Waals surface area contributed by atoms with E-state index in [1.54, 1.807) is 39.6 Å². The van der Waals surface area contributed by atoms with Gasteiger partial charge >= 0.3 is 5.97 Å². The fourth-order valence-corrected chi connectivity index (χ4v) is 2.21. The number of carbonyl (C=O) groups is 1. The molecule has 1 aromatic carbocycles. The summed E-state index contributed by atoms with van der Waals surface area (Å²) in [6.45, 7) is 1.74. The van der Waals surface area contributed by atoms with Gasteiger partial charge in [-0.25, -0.2) is 4.79 Å². The molecule has 1 aromatic heterocycles. The third kappa shape index (κ3) is 3.25. The van der Waals surface area contributed by atoms with Crippen molar-refractivity contribution in [1.82, 2.24) is 4.98 Å². The van der Waals surface area contributed by atoms with Gasteiger partial charge in [-0.2, -0.15) is 0 Å². The summed E-state index contributed by atoms with van der Waals surface area (Å²) in [5, 5.41) is 8.92. The maximum absolute atomic E-state index is 10.9. The van der Waals surface area contributed by atoms with Gasteiger partial charge in [-0.1, -0.05) is 0 Å². The Morgan fingerprint density at radius 1 is 1.18 bits per heavy atom. The molecule has 5 heteroatoms. The summed E-state index contributed by atoms with van der Waals surface area (Å²) in [6, 6.07) is 7.36. The Morgan fingerprint density at radius 3 is 2.41 bits per heavy atom. The molecular weight excluding hydrogens is 282 g/mol. The van der Waals surface area contributed by atoms with Gasteiger partial charge in [0.2, 0.25) is 0 Å². The number of carboxylic acids is 1. The first-order valence-corrected chi connectivity index (χ1v) is 6.64. The molecule has 2 rings (SSSR count). The smallest absolute Gasteiger partial charge is 0.328 e. The molecule has 1 heterocycles. The van der Waals surface area contributed by atoms with Gasteiger partial charge in [-0.15, -0.1) is 0 Å². The maximum Gasteiger partial charge on any atom is 0.328 e. The second kappa shape index (κ2) is 6.76. The maximum atomic E-state index is 10.9. The van der Waals surface area contributed by atoms with Crippen molar-refractivity contribution in [3.63, 3.8) is 0 Å². The van der Waals surface area contributed by atoms with Crippen LogP contribution in [0.25, 0.3) is 16.7 Å². The van der Waals surface area contributed by atoms with Crippen molar-refractivity contribution in [3.8, 4) is 22.6 Å². The third-order valence-corrected chi connectivity index (χ3v) is 3.27. The number of carboxylic acid groups (broad SMARTS) is 1. The number of methoxy groups -OCH3 is 2. The van der Waals surface area contributed by atoms with Crippen molar-refractivity contribution >= 4 is 11.5 Å². The highest BCUT2D eigenvalue weighted by Gasteiger charge is 2.15. The van der Waals surface area contributed by atoms with E-state index in [1.807, 2.05) is 18.2 Å². The summed E-state index contributed by atoms with van der Waals surface area (Å²) in [4.78, 5) is 14.9. The Labute approximate surface area is 128 Å². The summed E-state index contributed by atoms with van der Waals surface area (Å²) in [5.74, 6) is 0.156. The Bertz CT molecular complexity index is 708. The molecule has 2 aromatic rings. The second-order valence-electron chi connectivity index (χ2n) is 4.66. The number of benzene rings is 1. The van der Waals surface area contributed by atoms with Crippen molar-refractivity contribution in [1.29, 1.82) is 0 Å². The lowest BCUT2D eigenvalue weighted by Crippen LogP contribution is -1.97. The Hall–Kier alpha value is -2.82. The SMILES string of the molecule is COc1cc(/C(C)=C/C(=O)O)cc(-c2ccncc2)c1OC. The summed E-state index contributed by atoms with van der Waals surface area (Å²) in [6.07, 6.45) is 4.54. The lowest BCUT2D eigenvalue weighted by molar-refractivity contribution is -0.131. The van der Waals surface area contributed by atoms with Crippen LogP contribution in [0.15, 0.2) is 42.7 Å². The molecule has 0 unspecified atom stereocenters. The number of pyridine rings is 1. The minimum Gasteiger partial charge on any atom is -0.493 e. The molecule has 0 radical (unpaired) electrons. The highest BCUT2D eigenvalue weighted by molar-refractivity contribution is 5.91. The van der Waals surface area contributed by atoms with Crippen molar-refractivity contribution < 1.29 is 19.4 Å². The number of aromatic nitrogens is 1. The highest BCUT2D eigenvalue weighted by atomic mass is 16.5. The van der Waals surface area contributed by atoms with E-state index in [0.717, 1.165) is 22.8 Å². The van der Waals surface area contributed by atoms with Crippen LogP contribution in [0.2, 0.25) is 0 Å². The van der Waals surface area contributed by atoms with E-state index in [1.165, 1.54) is 0 Å². The molecule has 5 nitrogen and oxygen atoms in total. The molecule has 0 aliphatic carbocycles. The van der Waals surface area contributed by atoms with Gasteiger partial charge < -0.3 is 14.6 Å². The molecule has 1 N–H and O–H groups in total. The van der Waals surface area contributed by atoms with Gasteiger partial charge in [0.15, 0.2) is 11.5 Å². The van der Waals surface area contributed by atoms with Crippen molar-refractivity contribution in [2.24, 2.45) is 0 Å². The molecule has 0 saturated heterocycles. The standard InChI is InChI=1S/C17H17NO4/c1-11(8-16(19)20)13-9-14(12-4-6-18-7-5-12)17(22-3)15(10-13)21-2/h4-10H,1-3H3,(H,19,20)/b11-8+. The number of hydrogen-bond donors (Lipinski definition) is 1. The third-order valence-electron chi connectivity index (χ3n) is 3.27. The fraction of sp³-hybridized carbons (Fsp3) is 0.176. The minimum atomic E-state index is -0.988. The van der Waals surface area contributed by atoms with E-state index in [9.17, 15) is 4.79 Å². The number of ether oxygens (including phenoxy) is 2. The van der Waals surface area contributed by atoms with Gasteiger partial charge in [-0.05, 0) is 47.9 Å². The Balaban J connectivity index is 2.68. The van der Waals surface area contributed by atoms with Crippen LogP contribution < -0.4 is 9.47 Å². The van der Waals surface area contributed by atoms with Gasteiger partial charge in [0.05, 0.1) is 14.2 Å². The molecule has 22 heavy (non-hydrogen) atoms. The van der Waals surface area contributed by atoms with Crippen LogP contribution in [0.3, 0.4) is 0 Å². The first-order chi connectivity index (χ1) is 10.6. The van der Waals surface area contributed by atoms with E-state index in [4.69, 9.17) is 14.6 Å². The average molecular weight is 299 g/mol. The van der Waals surface area contributed by atoms with Gasteiger partial charge in [0, 0.05) is 24.0 Å². The quantitative estimate of drug-likeness (QED) is 0.858. The first-order valence-electron chi connectivity index (χ1n) is 6.64. The van der Waals surface area contributed by atoms with Crippen LogP contribution in [0, 0.1) is 0 Å². The lowest BCUT2D eigenvalue weighted by atomic mass is 9.98.